The molecule has 10 nitrogen and oxygen atoms in total. The number of hydrogen-bond acceptors (Lipinski definition) is 6. The summed E-state index contributed by atoms with van der Waals surface area (Å²) < 4.78 is 78.6. The molecule has 18 heteroatoms. The predicted molar refractivity (Wildman–Crippen MR) is 208 cm³/mol. The fourth-order valence-corrected chi connectivity index (χ4v) is 7.74. The summed E-state index contributed by atoms with van der Waals surface area (Å²) in [4.78, 5) is 25.6. The molecule has 6 aromatic rings. The molecule has 0 atom stereocenters. The molecular weight excluding hydrogens is 838 g/mol. The Morgan fingerprint density at radius 3 is 1.40 bits per heavy atom. The molecule has 0 aliphatic carbocycles. The monoisotopic (exact) mass is 866 g/mol. The van der Waals surface area contributed by atoms with Crippen LogP contribution in [0.4, 0.5) is 17.6 Å². The summed E-state index contributed by atoms with van der Waals surface area (Å²) in [6, 6.07) is 11.5. The number of methoxy groups -OCH3 is 1. The van der Waals surface area contributed by atoms with Crippen LogP contribution in [0.5, 0.6) is 34.5 Å². The molecule has 0 saturated carbocycles. The van der Waals surface area contributed by atoms with Crippen LogP contribution in [0.1, 0.15) is 25.7 Å². The number of aromatic hydroxyl groups is 1. The van der Waals surface area contributed by atoms with Crippen LogP contribution in [0.15, 0.2) is 70.3 Å². The van der Waals surface area contributed by atoms with E-state index in [-0.39, 0.29) is 76.9 Å². The van der Waals surface area contributed by atoms with Crippen LogP contribution in [0, 0.1) is 23.3 Å². The Hall–Kier alpha value is -5.02. The third-order valence-corrected chi connectivity index (χ3v) is 10.8. The number of phenols is 1. The van der Waals surface area contributed by atoms with Crippen LogP contribution in [0.3, 0.4) is 0 Å². The van der Waals surface area contributed by atoms with Crippen molar-refractivity contribution in [1.82, 2.24) is 18.7 Å². The third-order valence-electron chi connectivity index (χ3n) is 9.39. The van der Waals surface area contributed by atoms with Crippen LogP contribution in [0.25, 0.3) is 22.3 Å². The van der Waals surface area contributed by atoms with E-state index in [2.05, 4.69) is 0 Å². The Labute approximate surface area is 341 Å². The standard InChI is InChI=1S/C20H16Cl2F2N2O3.C19H14Cl2F2N2O3/c1-28-17-8-11(23)4-5-15(17)29-16-9-12(14(24)10-13(16)21)18-19(22)25-6-2-3-7-26(25)20(18)27;20-12-9-13(23)11(8-16(12)28-15-4-3-10(22)7-14(15)26)17-18(21)24-5-1-2-6-25(24)19(17)27/h4-5,8-10H,2-3,6-7H2,1H3;3-4,7-9,26H,1-2,5-6H2. The number of halogens is 8. The molecule has 298 valence electrons. The van der Waals surface area contributed by atoms with E-state index in [0.717, 1.165) is 56.0 Å². The van der Waals surface area contributed by atoms with Crippen LogP contribution in [0.2, 0.25) is 20.4 Å². The highest BCUT2D eigenvalue weighted by Gasteiger charge is 2.27. The van der Waals surface area contributed by atoms with Gasteiger partial charge in [0.15, 0.2) is 23.0 Å². The zero-order chi connectivity index (χ0) is 40.7. The summed E-state index contributed by atoms with van der Waals surface area (Å²) in [6.45, 7) is 2.17. The second-order valence-electron chi connectivity index (χ2n) is 13.0. The van der Waals surface area contributed by atoms with E-state index in [1.54, 1.807) is 9.36 Å². The average molecular weight is 868 g/mol. The van der Waals surface area contributed by atoms with Crippen molar-refractivity contribution in [3.8, 4) is 56.8 Å². The molecule has 2 aliphatic rings. The van der Waals surface area contributed by atoms with E-state index in [1.807, 2.05) is 0 Å². The highest BCUT2D eigenvalue weighted by Crippen LogP contribution is 2.42. The molecule has 0 radical (unpaired) electrons. The fourth-order valence-electron chi connectivity index (χ4n) is 6.64. The molecule has 0 fully saturated rings. The van der Waals surface area contributed by atoms with Gasteiger partial charge in [-0.1, -0.05) is 46.4 Å². The van der Waals surface area contributed by atoms with E-state index >= 15 is 0 Å². The Morgan fingerprint density at radius 2 is 0.965 bits per heavy atom. The Kier molecular flexibility index (Phi) is 11.6. The Bertz CT molecular complexity index is 2660. The molecule has 2 aromatic heterocycles. The molecular formula is C39H30Cl4F4N4O6. The first kappa shape index (κ1) is 40.2. The lowest BCUT2D eigenvalue weighted by molar-refractivity contribution is 0.356. The van der Waals surface area contributed by atoms with Crippen molar-refractivity contribution >= 4 is 46.4 Å². The maximum Gasteiger partial charge on any atom is 0.276 e. The van der Waals surface area contributed by atoms with Crippen LogP contribution >= 0.6 is 46.4 Å². The van der Waals surface area contributed by atoms with Gasteiger partial charge in [0.05, 0.1) is 28.3 Å². The van der Waals surface area contributed by atoms with Gasteiger partial charge in [0.1, 0.15) is 45.1 Å². The van der Waals surface area contributed by atoms with Crippen molar-refractivity contribution < 1.29 is 36.9 Å². The molecule has 4 aromatic carbocycles. The Morgan fingerprint density at radius 1 is 0.544 bits per heavy atom. The van der Waals surface area contributed by atoms with Gasteiger partial charge in [0.2, 0.25) is 0 Å². The van der Waals surface area contributed by atoms with Crippen molar-refractivity contribution in [1.29, 1.82) is 0 Å². The van der Waals surface area contributed by atoms with E-state index < -0.39 is 34.6 Å². The molecule has 57 heavy (non-hydrogen) atoms. The zero-order valence-corrected chi connectivity index (χ0v) is 32.8. The van der Waals surface area contributed by atoms with Gasteiger partial charge in [-0.15, -0.1) is 0 Å². The topological polar surface area (TPSA) is 102 Å². The first-order chi connectivity index (χ1) is 27.3. The van der Waals surface area contributed by atoms with Crippen LogP contribution < -0.4 is 25.3 Å². The summed E-state index contributed by atoms with van der Waals surface area (Å²) in [5.41, 5.74) is -0.785. The molecule has 1 N–H and O–H groups in total. The first-order valence-corrected chi connectivity index (χ1v) is 18.9. The van der Waals surface area contributed by atoms with Gasteiger partial charge in [-0.05, 0) is 74.2 Å². The lowest BCUT2D eigenvalue weighted by Gasteiger charge is -2.17. The summed E-state index contributed by atoms with van der Waals surface area (Å²) in [5, 5.41) is 10.0. The highest BCUT2D eigenvalue weighted by molar-refractivity contribution is 6.34. The van der Waals surface area contributed by atoms with E-state index in [1.165, 1.54) is 46.8 Å². The lowest BCUT2D eigenvalue weighted by atomic mass is 10.1. The number of ether oxygens (including phenoxy) is 3. The van der Waals surface area contributed by atoms with Gasteiger partial charge >= 0.3 is 0 Å². The molecule has 4 heterocycles. The smallest absolute Gasteiger partial charge is 0.276 e. The number of hydrogen-bond donors (Lipinski definition) is 1. The van der Waals surface area contributed by atoms with Gasteiger partial charge in [0, 0.05) is 49.4 Å². The van der Waals surface area contributed by atoms with Gasteiger partial charge in [-0.2, -0.15) is 0 Å². The molecule has 0 unspecified atom stereocenters. The lowest BCUT2D eigenvalue weighted by Crippen LogP contribution is -2.27. The zero-order valence-electron chi connectivity index (χ0n) is 29.7. The largest absolute Gasteiger partial charge is 0.504 e. The molecule has 0 saturated heterocycles. The SMILES string of the molecule is COc1cc(F)ccc1Oc1cc(-c2c(Cl)n3n(c2=O)CCCC3)c(F)cc1Cl.O=c1c(-c2cc(Oc3ccc(F)cc3O)c(Cl)cc2F)c(Cl)n2n1CCCC2. The van der Waals surface area contributed by atoms with E-state index in [0.29, 0.717) is 26.2 Å². The maximum absolute atomic E-state index is 14.7. The van der Waals surface area contributed by atoms with Crippen LogP contribution in [-0.2, 0) is 26.2 Å². The highest BCUT2D eigenvalue weighted by atomic mass is 35.5. The van der Waals surface area contributed by atoms with Gasteiger partial charge in [0.25, 0.3) is 11.1 Å². The molecule has 2 aliphatic heterocycles. The van der Waals surface area contributed by atoms with Crippen LogP contribution in [-0.4, -0.2) is 30.9 Å². The second kappa shape index (κ2) is 16.5. The maximum atomic E-state index is 14.7. The second-order valence-corrected chi connectivity index (χ2v) is 14.5. The van der Waals surface area contributed by atoms with Crippen molar-refractivity contribution in [3.05, 3.63) is 125 Å². The van der Waals surface area contributed by atoms with Gasteiger partial charge in [-0.25, -0.2) is 26.9 Å². The quantitative estimate of drug-likeness (QED) is 0.160. The summed E-state index contributed by atoms with van der Waals surface area (Å²) in [6.07, 6.45) is 3.44. The minimum Gasteiger partial charge on any atom is -0.504 e. The summed E-state index contributed by atoms with van der Waals surface area (Å²) in [7, 11) is 1.37. The van der Waals surface area contributed by atoms with Gasteiger partial charge < -0.3 is 19.3 Å². The number of rotatable bonds is 7. The predicted octanol–water partition coefficient (Wildman–Crippen LogP) is 10.7. The number of benzene rings is 4. The summed E-state index contributed by atoms with van der Waals surface area (Å²) in [5.74, 6) is -2.69. The average Bonchev–Trinajstić information content (AvgIpc) is 3.59. The molecule has 0 bridgehead atoms. The minimum atomic E-state index is -0.733. The number of phenolic OH excluding ortho intramolecular Hbond substituents is 1. The third kappa shape index (κ3) is 7.83. The molecule has 0 amide bonds. The Balaban J connectivity index is 0.000000174. The fraction of sp³-hybridized carbons (Fsp3) is 0.231. The number of nitrogens with zero attached hydrogens (tertiary/aromatic N) is 4. The normalized spacial score (nSPS) is 13.4. The van der Waals surface area contributed by atoms with E-state index in [4.69, 9.17) is 60.6 Å². The van der Waals surface area contributed by atoms with Crippen molar-refractivity contribution in [3.63, 3.8) is 0 Å². The molecule has 0 spiro atoms. The minimum absolute atomic E-state index is 0.00962. The molecule has 8 rings (SSSR count). The first-order valence-electron chi connectivity index (χ1n) is 17.4. The van der Waals surface area contributed by atoms with Crippen molar-refractivity contribution in [2.75, 3.05) is 7.11 Å². The van der Waals surface area contributed by atoms with E-state index in [9.17, 15) is 32.3 Å². The van der Waals surface area contributed by atoms with Crippen molar-refractivity contribution in [2.24, 2.45) is 0 Å². The number of aromatic nitrogens is 4. The van der Waals surface area contributed by atoms with Gasteiger partial charge in [-0.3, -0.25) is 19.0 Å². The van der Waals surface area contributed by atoms with Crippen molar-refractivity contribution in [2.45, 2.75) is 51.9 Å². The number of fused-ring (bicyclic) bond motifs is 2. The summed E-state index contributed by atoms with van der Waals surface area (Å²) >= 11 is 25.0.